The van der Waals surface area contributed by atoms with E-state index in [2.05, 4.69) is 29.1 Å². The average molecular weight is 253 g/mol. The highest BCUT2D eigenvalue weighted by Gasteiger charge is 2.09. The van der Waals surface area contributed by atoms with Crippen molar-refractivity contribution in [1.82, 2.24) is 15.3 Å². The molecule has 0 radical (unpaired) electrons. The smallest absolute Gasteiger partial charge is 0.0897 e. The Morgan fingerprint density at radius 1 is 1.38 bits per heavy atom. The van der Waals surface area contributed by atoms with Crippen molar-refractivity contribution in [2.75, 3.05) is 0 Å². The molecule has 16 heavy (non-hydrogen) atoms. The number of nitrogens with zero attached hydrogens (tertiary/aromatic N) is 2. The van der Waals surface area contributed by atoms with Gasteiger partial charge >= 0.3 is 0 Å². The minimum absolute atomic E-state index is 0.354. The zero-order valence-corrected chi connectivity index (χ0v) is 11.3. The van der Waals surface area contributed by atoms with E-state index in [1.165, 1.54) is 9.75 Å². The molecule has 0 saturated heterocycles. The topological polar surface area (TPSA) is 37.8 Å². The van der Waals surface area contributed by atoms with Crippen molar-refractivity contribution >= 4 is 22.7 Å². The number of hydrogen-bond acceptors (Lipinski definition) is 5. The molecule has 2 aromatic heterocycles. The van der Waals surface area contributed by atoms with Crippen LogP contribution in [0.15, 0.2) is 11.7 Å². The molecule has 2 heterocycles. The van der Waals surface area contributed by atoms with Gasteiger partial charge in [-0.2, -0.15) is 0 Å². The van der Waals surface area contributed by atoms with Gasteiger partial charge in [-0.15, -0.1) is 22.7 Å². The zero-order valence-electron chi connectivity index (χ0n) is 9.65. The molecule has 0 aliphatic rings. The lowest BCUT2D eigenvalue weighted by molar-refractivity contribution is 0.584. The SMILES string of the molecule is Cc1ncc(C(C)NCc2scnc2C)s1. The molecule has 1 atom stereocenters. The lowest BCUT2D eigenvalue weighted by atomic mass is 10.3. The Bertz CT molecular complexity index is 461. The van der Waals surface area contributed by atoms with Crippen LogP contribution in [0.25, 0.3) is 0 Å². The summed E-state index contributed by atoms with van der Waals surface area (Å²) in [6.45, 7) is 7.14. The van der Waals surface area contributed by atoms with Gasteiger partial charge in [-0.3, -0.25) is 0 Å². The summed E-state index contributed by atoms with van der Waals surface area (Å²) in [5.74, 6) is 0. The average Bonchev–Trinajstić information content (AvgIpc) is 2.84. The Hall–Kier alpha value is -0.780. The van der Waals surface area contributed by atoms with Crippen LogP contribution in [0, 0.1) is 13.8 Å². The summed E-state index contributed by atoms with van der Waals surface area (Å²) in [6.07, 6.45) is 1.96. The standard InChI is InChI=1S/C11H15N3S2/c1-7-10(15-6-14-7)4-12-8(2)11-5-13-9(3)16-11/h5-6,8,12H,4H2,1-3H3. The molecule has 0 bridgehead atoms. The quantitative estimate of drug-likeness (QED) is 0.910. The molecule has 0 amide bonds. The fraction of sp³-hybridized carbons (Fsp3) is 0.455. The third kappa shape index (κ3) is 2.66. The normalized spacial score (nSPS) is 12.9. The molecule has 5 heteroatoms. The van der Waals surface area contributed by atoms with Crippen LogP contribution in [0.1, 0.15) is 33.4 Å². The molecule has 0 aliphatic carbocycles. The second-order valence-electron chi connectivity index (χ2n) is 3.75. The van der Waals surface area contributed by atoms with E-state index in [0.717, 1.165) is 17.2 Å². The first kappa shape index (κ1) is 11.7. The molecule has 0 fully saturated rings. The van der Waals surface area contributed by atoms with E-state index in [0.29, 0.717) is 6.04 Å². The number of rotatable bonds is 4. The monoisotopic (exact) mass is 253 g/mol. The third-order valence-corrected chi connectivity index (χ3v) is 4.51. The number of nitrogens with one attached hydrogen (secondary N) is 1. The molecule has 3 nitrogen and oxygen atoms in total. The maximum absolute atomic E-state index is 4.27. The molecular formula is C11H15N3S2. The number of aryl methyl sites for hydroxylation is 2. The lowest BCUT2D eigenvalue weighted by Gasteiger charge is -2.10. The van der Waals surface area contributed by atoms with Gasteiger partial charge in [0.2, 0.25) is 0 Å². The Kier molecular flexibility index (Phi) is 3.68. The van der Waals surface area contributed by atoms with Gasteiger partial charge < -0.3 is 5.32 Å². The van der Waals surface area contributed by atoms with E-state index in [1.807, 2.05) is 18.6 Å². The van der Waals surface area contributed by atoms with Crippen LogP contribution in [-0.2, 0) is 6.54 Å². The molecule has 86 valence electrons. The van der Waals surface area contributed by atoms with Crippen molar-refractivity contribution in [3.8, 4) is 0 Å². The number of hydrogen-bond donors (Lipinski definition) is 1. The van der Waals surface area contributed by atoms with E-state index in [4.69, 9.17) is 0 Å². The summed E-state index contributed by atoms with van der Waals surface area (Å²) < 4.78 is 0. The van der Waals surface area contributed by atoms with Crippen molar-refractivity contribution in [2.45, 2.75) is 33.4 Å². The highest BCUT2D eigenvalue weighted by molar-refractivity contribution is 7.11. The van der Waals surface area contributed by atoms with Crippen molar-refractivity contribution < 1.29 is 0 Å². The molecule has 1 unspecified atom stereocenters. The molecule has 0 aromatic carbocycles. The molecule has 0 spiro atoms. The minimum atomic E-state index is 0.354. The van der Waals surface area contributed by atoms with E-state index in [1.54, 1.807) is 22.7 Å². The number of thiazole rings is 2. The maximum Gasteiger partial charge on any atom is 0.0897 e. The van der Waals surface area contributed by atoms with Crippen LogP contribution in [0.3, 0.4) is 0 Å². The van der Waals surface area contributed by atoms with Crippen LogP contribution in [-0.4, -0.2) is 9.97 Å². The van der Waals surface area contributed by atoms with Crippen molar-refractivity contribution in [3.63, 3.8) is 0 Å². The summed E-state index contributed by atoms with van der Waals surface area (Å²) >= 11 is 3.46. The summed E-state index contributed by atoms with van der Waals surface area (Å²) in [6, 6.07) is 0.354. The third-order valence-electron chi connectivity index (χ3n) is 2.48. The Balaban J connectivity index is 1.93. The highest BCUT2D eigenvalue weighted by Crippen LogP contribution is 2.21. The van der Waals surface area contributed by atoms with E-state index in [9.17, 15) is 0 Å². The van der Waals surface area contributed by atoms with Gasteiger partial charge in [-0.05, 0) is 20.8 Å². The van der Waals surface area contributed by atoms with Gasteiger partial charge in [0.1, 0.15) is 0 Å². The van der Waals surface area contributed by atoms with Gasteiger partial charge in [0, 0.05) is 28.5 Å². The summed E-state index contributed by atoms with van der Waals surface area (Å²) in [5.41, 5.74) is 3.03. The molecular weight excluding hydrogens is 238 g/mol. The van der Waals surface area contributed by atoms with Crippen molar-refractivity contribution in [2.24, 2.45) is 0 Å². The van der Waals surface area contributed by atoms with E-state index < -0.39 is 0 Å². The predicted molar refractivity (Wildman–Crippen MR) is 69.0 cm³/mol. The molecule has 1 N–H and O–H groups in total. The van der Waals surface area contributed by atoms with Crippen molar-refractivity contribution in [1.29, 1.82) is 0 Å². The van der Waals surface area contributed by atoms with E-state index in [-0.39, 0.29) is 0 Å². The van der Waals surface area contributed by atoms with Crippen LogP contribution in [0.5, 0.6) is 0 Å². The van der Waals surface area contributed by atoms with Crippen LogP contribution in [0.4, 0.5) is 0 Å². The van der Waals surface area contributed by atoms with Crippen molar-refractivity contribution in [3.05, 3.63) is 32.2 Å². The van der Waals surface area contributed by atoms with Gasteiger partial charge in [0.05, 0.1) is 16.2 Å². The first-order valence-corrected chi connectivity index (χ1v) is 6.91. The van der Waals surface area contributed by atoms with Crippen LogP contribution < -0.4 is 5.32 Å². The summed E-state index contributed by atoms with van der Waals surface area (Å²) in [4.78, 5) is 11.1. The molecule has 2 aromatic rings. The highest BCUT2D eigenvalue weighted by atomic mass is 32.1. The van der Waals surface area contributed by atoms with Crippen LogP contribution in [0.2, 0.25) is 0 Å². The Morgan fingerprint density at radius 3 is 2.75 bits per heavy atom. The predicted octanol–water partition coefficient (Wildman–Crippen LogP) is 3.07. The Labute approximate surface area is 104 Å². The largest absolute Gasteiger partial charge is 0.304 e. The first-order chi connectivity index (χ1) is 7.66. The van der Waals surface area contributed by atoms with Gasteiger partial charge in [0.15, 0.2) is 0 Å². The second kappa shape index (κ2) is 5.03. The molecule has 0 aliphatic heterocycles. The van der Waals surface area contributed by atoms with Gasteiger partial charge in [-0.1, -0.05) is 0 Å². The first-order valence-electron chi connectivity index (χ1n) is 5.21. The van der Waals surface area contributed by atoms with Gasteiger partial charge in [-0.25, -0.2) is 9.97 Å². The fourth-order valence-electron chi connectivity index (χ4n) is 1.42. The Morgan fingerprint density at radius 2 is 2.19 bits per heavy atom. The maximum atomic E-state index is 4.27. The van der Waals surface area contributed by atoms with E-state index >= 15 is 0 Å². The zero-order chi connectivity index (χ0) is 11.5. The molecule has 0 saturated carbocycles. The summed E-state index contributed by atoms with van der Waals surface area (Å²) in [7, 11) is 0. The minimum Gasteiger partial charge on any atom is -0.304 e. The lowest BCUT2D eigenvalue weighted by Crippen LogP contribution is -2.16. The summed E-state index contributed by atoms with van der Waals surface area (Å²) in [5, 5.41) is 4.62. The molecule has 2 rings (SSSR count). The van der Waals surface area contributed by atoms with Crippen LogP contribution >= 0.6 is 22.7 Å². The second-order valence-corrected chi connectivity index (χ2v) is 5.95. The van der Waals surface area contributed by atoms with Gasteiger partial charge in [0.25, 0.3) is 0 Å². The number of aromatic nitrogens is 2. The fourth-order valence-corrected chi connectivity index (χ4v) is 2.96.